The van der Waals surface area contributed by atoms with Gasteiger partial charge in [0.1, 0.15) is 0 Å². The summed E-state index contributed by atoms with van der Waals surface area (Å²) in [7, 11) is -2.27. The number of rotatable bonds is 3. The molecule has 6 nitrogen and oxygen atoms in total. The summed E-state index contributed by atoms with van der Waals surface area (Å²) in [4.78, 5) is 11.6. The number of fused-ring (bicyclic) bond motifs is 1. The first kappa shape index (κ1) is 15.6. The van der Waals surface area contributed by atoms with E-state index in [0.717, 1.165) is 0 Å². The molecule has 0 radical (unpaired) electrons. The lowest BCUT2D eigenvalue weighted by atomic mass is 10.2. The highest BCUT2D eigenvalue weighted by atomic mass is 35.5. The molecule has 3 aromatic rings. The van der Waals surface area contributed by atoms with Crippen LogP contribution in [0.4, 0.5) is 5.69 Å². The molecule has 120 valence electrons. The zero-order valence-electron chi connectivity index (χ0n) is 12.3. The second-order valence-electron chi connectivity index (χ2n) is 5.13. The lowest BCUT2D eigenvalue weighted by Gasteiger charge is -2.10. The van der Waals surface area contributed by atoms with Crippen molar-refractivity contribution >= 4 is 38.4 Å². The van der Waals surface area contributed by atoms with Crippen molar-refractivity contribution < 1.29 is 12.8 Å². The van der Waals surface area contributed by atoms with Crippen molar-refractivity contribution in [1.29, 1.82) is 0 Å². The number of oxazole rings is 1. The van der Waals surface area contributed by atoms with Gasteiger partial charge in [-0.2, -0.15) is 0 Å². The minimum Gasteiger partial charge on any atom is -0.408 e. The van der Waals surface area contributed by atoms with E-state index in [1.54, 1.807) is 38.2 Å². The Labute approximate surface area is 137 Å². The highest BCUT2D eigenvalue weighted by Gasteiger charge is 2.20. The largest absolute Gasteiger partial charge is 0.419 e. The summed E-state index contributed by atoms with van der Waals surface area (Å²) < 4.78 is 34.0. The van der Waals surface area contributed by atoms with E-state index in [4.69, 9.17) is 16.0 Å². The first-order valence-corrected chi connectivity index (χ1v) is 8.52. The molecule has 0 spiro atoms. The van der Waals surface area contributed by atoms with Crippen molar-refractivity contribution in [3.05, 3.63) is 57.5 Å². The van der Waals surface area contributed by atoms with Crippen molar-refractivity contribution in [3.8, 4) is 0 Å². The summed E-state index contributed by atoms with van der Waals surface area (Å²) in [5.41, 5.74) is 1.61. The zero-order valence-corrected chi connectivity index (χ0v) is 13.9. The van der Waals surface area contributed by atoms with Crippen LogP contribution in [0.25, 0.3) is 11.1 Å². The molecule has 0 atom stereocenters. The molecule has 0 bridgehead atoms. The number of sulfonamides is 1. The van der Waals surface area contributed by atoms with Crippen LogP contribution >= 0.6 is 11.6 Å². The maximum atomic E-state index is 12.6. The molecule has 0 saturated heterocycles. The third-order valence-electron chi connectivity index (χ3n) is 3.46. The maximum Gasteiger partial charge on any atom is 0.419 e. The second kappa shape index (κ2) is 5.43. The molecule has 0 aliphatic heterocycles. The van der Waals surface area contributed by atoms with Gasteiger partial charge in [0.15, 0.2) is 5.58 Å². The summed E-state index contributed by atoms with van der Waals surface area (Å²) in [5.74, 6) is -0.545. The molecule has 0 aliphatic rings. The topological polar surface area (TPSA) is 81.3 Å². The first-order valence-electron chi connectivity index (χ1n) is 6.66. The summed E-state index contributed by atoms with van der Waals surface area (Å²) >= 11 is 5.86. The highest BCUT2D eigenvalue weighted by Crippen LogP contribution is 2.25. The molecule has 8 heteroatoms. The number of benzene rings is 2. The Bertz CT molecular complexity index is 1070. The van der Waals surface area contributed by atoms with Crippen LogP contribution < -0.4 is 10.5 Å². The van der Waals surface area contributed by atoms with Gasteiger partial charge in [-0.3, -0.25) is 9.29 Å². The Balaban J connectivity index is 2.11. The molecule has 23 heavy (non-hydrogen) atoms. The second-order valence-corrected chi connectivity index (χ2v) is 7.22. The molecule has 1 aromatic heterocycles. The standard InChI is InChI=1S/C15H13ClN2O4S/c1-9-6-12-13(22-15(19)18(12)2)8-14(9)23(20,21)17-11-5-3-4-10(16)7-11/h3-8,17H,1-2H3. The number of anilines is 1. The highest BCUT2D eigenvalue weighted by molar-refractivity contribution is 7.92. The number of aromatic nitrogens is 1. The van der Waals surface area contributed by atoms with E-state index < -0.39 is 15.8 Å². The maximum absolute atomic E-state index is 12.6. The molecule has 0 fully saturated rings. The summed E-state index contributed by atoms with van der Waals surface area (Å²) in [6.07, 6.45) is 0. The fourth-order valence-corrected chi connectivity index (χ4v) is 3.79. The van der Waals surface area contributed by atoms with Gasteiger partial charge in [0, 0.05) is 18.1 Å². The van der Waals surface area contributed by atoms with E-state index in [1.807, 2.05) is 0 Å². The van der Waals surface area contributed by atoms with E-state index >= 15 is 0 Å². The Morgan fingerprint density at radius 2 is 1.96 bits per heavy atom. The van der Waals surface area contributed by atoms with Crippen LogP contribution in [0.15, 0.2) is 50.5 Å². The van der Waals surface area contributed by atoms with Gasteiger partial charge in [0.25, 0.3) is 10.0 Å². The van der Waals surface area contributed by atoms with Gasteiger partial charge in [-0.1, -0.05) is 17.7 Å². The number of nitrogens with one attached hydrogen (secondary N) is 1. The van der Waals surface area contributed by atoms with Gasteiger partial charge >= 0.3 is 5.76 Å². The first-order chi connectivity index (χ1) is 10.8. The van der Waals surface area contributed by atoms with E-state index in [2.05, 4.69) is 4.72 Å². The van der Waals surface area contributed by atoms with Crippen molar-refractivity contribution in [3.63, 3.8) is 0 Å². The van der Waals surface area contributed by atoms with Crippen molar-refractivity contribution in [2.24, 2.45) is 7.05 Å². The van der Waals surface area contributed by atoms with E-state index in [0.29, 0.717) is 21.8 Å². The average Bonchev–Trinajstić information content (AvgIpc) is 2.73. The van der Waals surface area contributed by atoms with Crippen LogP contribution in [0.5, 0.6) is 0 Å². The molecule has 1 N–H and O–H groups in total. The van der Waals surface area contributed by atoms with Gasteiger partial charge < -0.3 is 4.42 Å². The molecule has 0 aliphatic carbocycles. The molecular weight excluding hydrogens is 340 g/mol. The fraction of sp³-hybridized carbons (Fsp3) is 0.133. The number of hydrogen-bond donors (Lipinski definition) is 1. The summed E-state index contributed by atoms with van der Waals surface area (Å²) in [5, 5.41) is 0.423. The lowest BCUT2D eigenvalue weighted by Crippen LogP contribution is -2.14. The van der Waals surface area contributed by atoms with Crippen LogP contribution in [-0.2, 0) is 17.1 Å². The van der Waals surface area contributed by atoms with Crippen LogP contribution in [0, 0.1) is 6.92 Å². The molecular formula is C15H13ClN2O4S. The number of hydrogen-bond acceptors (Lipinski definition) is 4. The van der Waals surface area contributed by atoms with Crippen LogP contribution in [0.1, 0.15) is 5.56 Å². The van der Waals surface area contributed by atoms with E-state index in [1.165, 1.54) is 16.7 Å². The lowest BCUT2D eigenvalue weighted by molar-refractivity contribution is 0.527. The Morgan fingerprint density at radius 3 is 2.65 bits per heavy atom. The monoisotopic (exact) mass is 352 g/mol. The molecule has 0 saturated carbocycles. The van der Waals surface area contributed by atoms with E-state index in [-0.39, 0.29) is 10.5 Å². The van der Waals surface area contributed by atoms with Gasteiger partial charge in [-0.15, -0.1) is 0 Å². The number of nitrogens with zero attached hydrogens (tertiary/aromatic N) is 1. The molecule has 0 amide bonds. The van der Waals surface area contributed by atoms with Crippen LogP contribution in [-0.4, -0.2) is 13.0 Å². The van der Waals surface area contributed by atoms with Gasteiger partial charge in [-0.05, 0) is 36.8 Å². The fourth-order valence-electron chi connectivity index (χ4n) is 2.31. The predicted octanol–water partition coefficient (Wildman–Crippen LogP) is 2.89. The third-order valence-corrected chi connectivity index (χ3v) is 5.21. The minimum absolute atomic E-state index is 0.0410. The average molecular weight is 353 g/mol. The normalized spacial score (nSPS) is 11.8. The summed E-state index contributed by atoms with van der Waals surface area (Å²) in [6.45, 7) is 1.66. The Hall–Kier alpha value is -2.25. The van der Waals surface area contributed by atoms with Gasteiger partial charge in [-0.25, -0.2) is 13.2 Å². The van der Waals surface area contributed by atoms with Crippen molar-refractivity contribution in [2.75, 3.05) is 4.72 Å². The van der Waals surface area contributed by atoms with Gasteiger partial charge in [0.2, 0.25) is 0 Å². The minimum atomic E-state index is -3.84. The van der Waals surface area contributed by atoms with E-state index in [9.17, 15) is 13.2 Å². The SMILES string of the molecule is Cc1cc2c(cc1S(=O)(=O)Nc1cccc(Cl)c1)oc(=O)n2C. The van der Waals surface area contributed by atoms with Crippen LogP contribution in [0.3, 0.4) is 0 Å². The molecule has 1 heterocycles. The smallest absolute Gasteiger partial charge is 0.408 e. The number of aryl methyl sites for hydroxylation is 2. The van der Waals surface area contributed by atoms with Crippen molar-refractivity contribution in [1.82, 2.24) is 4.57 Å². The Kier molecular flexibility index (Phi) is 3.69. The number of halogens is 1. The molecule has 2 aromatic carbocycles. The molecule has 0 unspecified atom stereocenters. The van der Waals surface area contributed by atoms with Crippen molar-refractivity contribution in [2.45, 2.75) is 11.8 Å². The molecule has 3 rings (SSSR count). The third kappa shape index (κ3) is 2.85. The predicted molar refractivity (Wildman–Crippen MR) is 88.5 cm³/mol. The zero-order chi connectivity index (χ0) is 16.8. The van der Waals surface area contributed by atoms with Crippen LogP contribution in [0.2, 0.25) is 5.02 Å². The quantitative estimate of drug-likeness (QED) is 0.785. The van der Waals surface area contributed by atoms with Gasteiger partial charge in [0.05, 0.1) is 16.1 Å². The Morgan fingerprint density at radius 1 is 1.22 bits per heavy atom. The summed E-state index contributed by atoms with van der Waals surface area (Å²) in [6, 6.07) is 9.35.